The molecule has 6 nitrogen and oxygen atoms in total. The summed E-state index contributed by atoms with van der Waals surface area (Å²) in [6.07, 6.45) is 0. The highest BCUT2D eigenvalue weighted by molar-refractivity contribution is 5.71. The highest BCUT2D eigenvalue weighted by atomic mass is 16.5. The third kappa shape index (κ3) is 4.21. The number of para-hydroxylation sites is 3. The number of ether oxygens (including phenoxy) is 1. The number of nitrogens with zero attached hydrogens (tertiary/aromatic N) is 3. The maximum atomic E-state index is 9.38. The maximum absolute atomic E-state index is 9.38. The summed E-state index contributed by atoms with van der Waals surface area (Å²) >= 11 is 0. The Hall–Kier alpha value is -4.37. The first-order chi connectivity index (χ1) is 14.8. The molecule has 0 saturated heterocycles. The van der Waals surface area contributed by atoms with E-state index in [0.29, 0.717) is 28.8 Å². The molecule has 0 aliphatic heterocycles. The van der Waals surface area contributed by atoms with Crippen molar-refractivity contribution in [1.82, 2.24) is 9.97 Å². The van der Waals surface area contributed by atoms with Crippen molar-refractivity contribution in [2.45, 2.75) is 0 Å². The monoisotopic (exact) mass is 393 g/mol. The third-order valence-corrected chi connectivity index (χ3v) is 4.46. The van der Waals surface area contributed by atoms with E-state index in [1.54, 1.807) is 13.2 Å². The van der Waals surface area contributed by atoms with Gasteiger partial charge in [-0.15, -0.1) is 0 Å². The fourth-order valence-corrected chi connectivity index (χ4v) is 3.02. The molecule has 0 aliphatic carbocycles. The van der Waals surface area contributed by atoms with Gasteiger partial charge in [0, 0.05) is 11.6 Å². The lowest BCUT2D eigenvalue weighted by Crippen LogP contribution is -2.04. The first kappa shape index (κ1) is 19.0. The van der Waals surface area contributed by atoms with Gasteiger partial charge in [-0.2, -0.15) is 10.2 Å². The normalized spacial score (nSPS) is 10.1. The second-order valence-electron chi connectivity index (χ2n) is 6.44. The summed E-state index contributed by atoms with van der Waals surface area (Å²) in [6.45, 7) is 0. The first-order valence-electron chi connectivity index (χ1n) is 9.37. The molecule has 0 atom stereocenters. The zero-order valence-electron chi connectivity index (χ0n) is 16.3. The van der Waals surface area contributed by atoms with Gasteiger partial charge in [-0.3, -0.25) is 0 Å². The fourth-order valence-electron chi connectivity index (χ4n) is 3.02. The van der Waals surface area contributed by atoms with Crippen LogP contribution in [-0.4, -0.2) is 17.1 Å². The molecule has 6 heteroatoms. The molecule has 0 fully saturated rings. The van der Waals surface area contributed by atoms with Crippen LogP contribution in [0.2, 0.25) is 0 Å². The van der Waals surface area contributed by atoms with Crippen molar-refractivity contribution >= 4 is 23.1 Å². The summed E-state index contributed by atoms with van der Waals surface area (Å²) in [7, 11) is 1.63. The minimum absolute atomic E-state index is 0.386. The summed E-state index contributed by atoms with van der Waals surface area (Å²) in [4.78, 5) is 9.26. The number of hydrogen-bond donors (Lipinski definition) is 2. The standard InChI is InChI=1S/C24H19N5O/c1-30-22-14-8-7-13-20(22)26-23-15-21(17-9-3-2-4-10-17)28-24(29-23)27-19-12-6-5-11-18(19)16-25/h2-15H,1H3,(H2,26,27,28,29). The Morgan fingerprint density at radius 2 is 1.50 bits per heavy atom. The second-order valence-corrected chi connectivity index (χ2v) is 6.44. The topological polar surface area (TPSA) is 82.9 Å². The molecule has 4 aromatic rings. The zero-order valence-corrected chi connectivity index (χ0v) is 16.3. The van der Waals surface area contributed by atoms with Crippen LogP contribution in [0.3, 0.4) is 0 Å². The summed E-state index contributed by atoms with van der Waals surface area (Å²) in [5, 5.41) is 15.9. The van der Waals surface area contributed by atoms with E-state index in [9.17, 15) is 5.26 Å². The maximum Gasteiger partial charge on any atom is 0.229 e. The molecule has 0 aliphatic rings. The lowest BCUT2D eigenvalue weighted by Gasteiger charge is -2.14. The third-order valence-electron chi connectivity index (χ3n) is 4.46. The van der Waals surface area contributed by atoms with E-state index in [2.05, 4.69) is 26.7 Å². The van der Waals surface area contributed by atoms with Crippen LogP contribution in [0.4, 0.5) is 23.1 Å². The number of nitriles is 1. The van der Waals surface area contributed by atoms with Crippen LogP contribution in [0.5, 0.6) is 5.75 Å². The summed E-state index contributed by atoms with van der Waals surface area (Å²) in [5.74, 6) is 1.70. The van der Waals surface area contributed by atoms with Crippen molar-refractivity contribution in [1.29, 1.82) is 5.26 Å². The molecule has 4 rings (SSSR count). The van der Waals surface area contributed by atoms with Crippen LogP contribution in [0.1, 0.15) is 5.56 Å². The summed E-state index contributed by atoms with van der Waals surface area (Å²) in [5.41, 5.74) is 3.67. The molecule has 1 heterocycles. The summed E-state index contributed by atoms with van der Waals surface area (Å²) < 4.78 is 5.43. The molecular formula is C24H19N5O. The van der Waals surface area contributed by atoms with Gasteiger partial charge in [-0.05, 0) is 24.3 Å². The van der Waals surface area contributed by atoms with Gasteiger partial charge in [-0.25, -0.2) is 4.98 Å². The Bertz CT molecular complexity index is 1200. The molecule has 30 heavy (non-hydrogen) atoms. The van der Waals surface area contributed by atoms with E-state index in [4.69, 9.17) is 4.74 Å². The van der Waals surface area contributed by atoms with Gasteiger partial charge in [-0.1, -0.05) is 54.6 Å². The van der Waals surface area contributed by atoms with Gasteiger partial charge in [0.1, 0.15) is 17.6 Å². The second kappa shape index (κ2) is 8.76. The number of anilines is 4. The van der Waals surface area contributed by atoms with Crippen molar-refractivity contribution in [3.05, 3.63) is 90.5 Å². The van der Waals surface area contributed by atoms with Crippen molar-refractivity contribution in [2.75, 3.05) is 17.7 Å². The average Bonchev–Trinajstić information content (AvgIpc) is 2.80. The number of methoxy groups -OCH3 is 1. The molecular weight excluding hydrogens is 374 g/mol. The van der Waals surface area contributed by atoms with Gasteiger partial charge in [0.2, 0.25) is 5.95 Å². The molecule has 0 amide bonds. The Kier molecular flexibility index (Phi) is 5.54. The minimum Gasteiger partial charge on any atom is -0.495 e. The van der Waals surface area contributed by atoms with Gasteiger partial charge >= 0.3 is 0 Å². The Morgan fingerprint density at radius 1 is 0.800 bits per heavy atom. The first-order valence-corrected chi connectivity index (χ1v) is 9.37. The van der Waals surface area contributed by atoms with E-state index in [-0.39, 0.29) is 0 Å². The number of benzene rings is 3. The van der Waals surface area contributed by atoms with Crippen LogP contribution in [0, 0.1) is 11.3 Å². The molecule has 1 aromatic heterocycles. The molecule has 0 unspecified atom stereocenters. The van der Waals surface area contributed by atoms with E-state index in [1.165, 1.54) is 0 Å². The van der Waals surface area contributed by atoms with Crippen LogP contribution in [0.15, 0.2) is 84.9 Å². The van der Waals surface area contributed by atoms with E-state index in [1.807, 2.05) is 78.9 Å². The molecule has 0 radical (unpaired) electrons. The Labute approximate surface area is 174 Å². The minimum atomic E-state index is 0.386. The number of nitrogens with one attached hydrogen (secondary N) is 2. The number of rotatable bonds is 6. The highest BCUT2D eigenvalue weighted by Crippen LogP contribution is 2.29. The fraction of sp³-hybridized carbons (Fsp3) is 0.0417. The number of hydrogen-bond acceptors (Lipinski definition) is 6. The quantitative estimate of drug-likeness (QED) is 0.449. The highest BCUT2D eigenvalue weighted by Gasteiger charge is 2.11. The van der Waals surface area contributed by atoms with Gasteiger partial charge in [0.05, 0.1) is 29.7 Å². The average molecular weight is 393 g/mol. The van der Waals surface area contributed by atoms with Crippen molar-refractivity contribution in [3.63, 3.8) is 0 Å². The lowest BCUT2D eigenvalue weighted by molar-refractivity contribution is 0.417. The predicted octanol–water partition coefficient (Wildman–Crippen LogP) is 5.51. The largest absolute Gasteiger partial charge is 0.495 e. The van der Waals surface area contributed by atoms with Crippen molar-refractivity contribution in [3.8, 4) is 23.1 Å². The van der Waals surface area contributed by atoms with Crippen LogP contribution >= 0.6 is 0 Å². The molecule has 0 spiro atoms. The molecule has 3 aromatic carbocycles. The molecule has 2 N–H and O–H groups in total. The number of aromatic nitrogens is 2. The van der Waals surface area contributed by atoms with E-state index >= 15 is 0 Å². The smallest absolute Gasteiger partial charge is 0.229 e. The van der Waals surface area contributed by atoms with Crippen LogP contribution in [0.25, 0.3) is 11.3 Å². The predicted molar refractivity (Wildman–Crippen MR) is 118 cm³/mol. The Balaban J connectivity index is 1.76. The summed E-state index contributed by atoms with van der Waals surface area (Å²) in [6, 6.07) is 28.8. The van der Waals surface area contributed by atoms with Gasteiger partial charge < -0.3 is 15.4 Å². The van der Waals surface area contributed by atoms with E-state index < -0.39 is 0 Å². The van der Waals surface area contributed by atoms with Crippen LogP contribution in [-0.2, 0) is 0 Å². The zero-order chi connectivity index (χ0) is 20.8. The van der Waals surface area contributed by atoms with Crippen molar-refractivity contribution in [2.24, 2.45) is 0 Å². The van der Waals surface area contributed by atoms with Crippen molar-refractivity contribution < 1.29 is 4.74 Å². The molecule has 0 saturated carbocycles. The molecule has 146 valence electrons. The van der Waals surface area contributed by atoms with E-state index in [0.717, 1.165) is 16.9 Å². The molecule has 0 bridgehead atoms. The van der Waals surface area contributed by atoms with Gasteiger partial charge in [0.15, 0.2) is 0 Å². The Morgan fingerprint density at radius 3 is 2.27 bits per heavy atom. The lowest BCUT2D eigenvalue weighted by atomic mass is 10.1. The van der Waals surface area contributed by atoms with Gasteiger partial charge in [0.25, 0.3) is 0 Å². The van der Waals surface area contributed by atoms with Crippen LogP contribution < -0.4 is 15.4 Å². The SMILES string of the molecule is COc1ccccc1Nc1cc(-c2ccccc2)nc(Nc2ccccc2C#N)n1.